The summed E-state index contributed by atoms with van der Waals surface area (Å²) in [6.45, 7) is 5.20. The van der Waals surface area contributed by atoms with Crippen LogP contribution < -0.4 is 15.4 Å². The number of halogens is 2. The minimum atomic E-state index is -3.29. The van der Waals surface area contributed by atoms with Gasteiger partial charge in [-0.2, -0.15) is 0 Å². The highest BCUT2D eigenvalue weighted by molar-refractivity contribution is 14.0. The Balaban J connectivity index is 0.00000450. The highest BCUT2D eigenvalue weighted by Crippen LogP contribution is 2.17. The van der Waals surface area contributed by atoms with Gasteiger partial charge in [0.2, 0.25) is 0 Å². The minimum Gasteiger partial charge on any atom is -0.486 e. The third-order valence-electron chi connectivity index (χ3n) is 4.00. The van der Waals surface area contributed by atoms with Crippen molar-refractivity contribution < 1.29 is 17.5 Å². The normalized spacial score (nSPS) is 12.6. The van der Waals surface area contributed by atoms with Gasteiger partial charge in [-0.3, -0.25) is 0 Å². The maximum Gasteiger partial charge on any atom is 0.191 e. The Morgan fingerprint density at radius 3 is 2.43 bits per heavy atom. The van der Waals surface area contributed by atoms with Gasteiger partial charge in [-0.25, -0.2) is 17.8 Å². The summed E-state index contributed by atoms with van der Waals surface area (Å²) >= 11 is 0. The Morgan fingerprint density at radius 2 is 1.77 bits per heavy atom. The van der Waals surface area contributed by atoms with E-state index in [-0.39, 0.29) is 41.6 Å². The van der Waals surface area contributed by atoms with Gasteiger partial charge >= 0.3 is 0 Å². The van der Waals surface area contributed by atoms with Crippen LogP contribution >= 0.6 is 24.0 Å². The van der Waals surface area contributed by atoms with Gasteiger partial charge in [-0.05, 0) is 44.5 Å². The monoisotopic (exact) mass is 549 g/mol. The zero-order valence-electron chi connectivity index (χ0n) is 17.2. The van der Waals surface area contributed by atoms with E-state index in [1.807, 2.05) is 13.8 Å². The van der Waals surface area contributed by atoms with Crippen molar-refractivity contribution in [2.45, 2.75) is 31.3 Å². The zero-order chi connectivity index (χ0) is 21.1. The molecule has 0 bridgehead atoms. The number of hydrogen-bond donors (Lipinski definition) is 2. The van der Waals surface area contributed by atoms with E-state index in [0.29, 0.717) is 36.9 Å². The zero-order valence-corrected chi connectivity index (χ0v) is 20.3. The predicted octanol–water partition coefficient (Wildman–Crippen LogP) is 3.63. The van der Waals surface area contributed by atoms with Crippen LogP contribution in [0.4, 0.5) is 4.39 Å². The molecule has 0 saturated carbocycles. The van der Waals surface area contributed by atoms with Crippen LogP contribution in [0.2, 0.25) is 0 Å². The molecule has 0 radical (unpaired) electrons. The van der Waals surface area contributed by atoms with E-state index >= 15 is 0 Å². The Hall–Kier alpha value is -1.88. The van der Waals surface area contributed by atoms with E-state index in [2.05, 4.69) is 15.6 Å². The van der Waals surface area contributed by atoms with Crippen LogP contribution in [0, 0.1) is 5.82 Å². The van der Waals surface area contributed by atoms with Crippen LogP contribution in [-0.2, 0) is 9.84 Å². The number of rotatable bonds is 10. The minimum absolute atomic E-state index is 0. The first-order valence-corrected chi connectivity index (χ1v) is 11.3. The second-order valence-electron chi connectivity index (χ2n) is 6.49. The third-order valence-corrected chi connectivity index (χ3v) is 5.82. The van der Waals surface area contributed by atoms with Gasteiger partial charge in [0.15, 0.2) is 27.4 Å². The molecule has 0 aliphatic carbocycles. The number of guanidine groups is 1. The van der Waals surface area contributed by atoms with Crippen LogP contribution in [0.5, 0.6) is 5.75 Å². The van der Waals surface area contributed by atoms with E-state index in [1.54, 1.807) is 48.5 Å². The highest BCUT2D eigenvalue weighted by atomic mass is 127. The van der Waals surface area contributed by atoms with Crippen LogP contribution in [0.3, 0.4) is 0 Å². The molecular weight excluding hydrogens is 520 g/mol. The fraction of sp³-hybridized carbons (Fsp3) is 0.381. The Kier molecular flexibility index (Phi) is 11.7. The maximum absolute atomic E-state index is 13.7. The van der Waals surface area contributed by atoms with Gasteiger partial charge in [0.05, 0.1) is 17.2 Å². The number of benzene rings is 2. The van der Waals surface area contributed by atoms with Crippen molar-refractivity contribution in [2.75, 3.05) is 25.4 Å². The summed E-state index contributed by atoms with van der Waals surface area (Å²) in [5.74, 6) is 0.400. The Labute approximate surface area is 195 Å². The number of para-hydroxylation sites is 1. The summed E-state index contributed by atoms with van der Waals surface area (Å²) in [4.78, 5) is 4.76. The smallest absolute Gasteiger partial charge is 0.191 e. The number of aliphatic imine (C=N–C) groups is 1. The van der Waals surface area contributed by atoms with Crippen molar-refractivity contribution in [3.8, 4) is 5.75 Å². The standard InChI is InChI=1S/C21H28FN3O3S.HI/c1-3-23-21(25-16-17(2)28-20-13-8-7-12-19(20)22)24-14-9-15-29(26,27)18-10-5-4-6-11-18;/h4-8,10-13,17H,3,9,14-16H2,1-2H3,(H2,23,24,25);1H. The molecule has 0 aromatic heterocycles. The molecule has 2 aromatic rings. The van der Waals surface area contributed by atoms with Gasteiger partial charge in [0, 0.05) is 13.1 Å². The SMILES string of the molecule is CCNC(=NCC(C)Oc1ccccc1F)NCCCS(=O)(=O)c1ccccc1.I. The Morgan fingerprint density at radius 1 is 1.10 bits per heavy atom. The summed E-state index contributed by atoms with van der Waals surface area (Å²) in [6.07, 6.45) is 0.129. The molecule has 0 aliphatic heterocycles. The first kappa shape index (κ1) is 26.2. The molecule has 2 N–H and O–H groups in total. The molecule has 1 atom stereocenters. The predicted molar refractivity (Wildman–Crippen MR) is 129 cm³/mol. The van der Waals surface area contributed by atoms with Crippen LogP contribution in [-0.4, -0.2) is 45.9 Å². The van der Waals surface area contributed by atoms with Gasteiger partial charge in [-0.15, -0.1) is 24.0 Å². The third kappa shape index (κ3) is 8.86. The van der Waals surface area contributed by atoms with Gasteiger partial charge in [0.25, 0.3) is 0 Å². The molecule has 166 valence electrons. The fourth-order valence-corrected chi connectivity index (χ4v) is 3.90. The van der Waals surface area contributed by atoms with Gasteiger partial charge in [-0.1, -0.05) is 30.3 Å². The summed E-state index contributed by atoms with van der Waals surface area (Å²) < 4.78 is 43.8. The first-order chi connectivity index (χ1) is 13.9. The number of ether oxygens (including phenoxy) is 1. The van der Waals surface area contributed by atoms with E-state index in [9.17, 15) is 12.8 Å². The number of nitrogens with one attached hydrogen (secondary N) is 2. The molecule has 30 heavy (non-hydrogen) atoms. The quantitative estimate of drug-likeness (QED) is 0.205. The molecule has 2 rings (SSSR count). The molecule has 6 nitrogen and oxygen atoms in total. The van der Waals surface area contributed by atoms with Crippen LogP contribution in [0.25, 0.3) is 0 Å². The van der Waals surface area contributed by atoms with Crippen molar-refractivity contribution >= 4 is 39.8 Å². The summed E-state index contributed by atoms with van der Waals surface area (Å²) in [6, 6.07) is 14.7. The Bertz CT molecular complexity index is 895. The molecule has 0 spiro atoms. The molecule has 0 fully saturated rings. The van der Waals surface area contributed by atoms with Crippen molar-refractivity contribution in [3.63, 3.8) is 0 Å². The second kappa shape index (κ2) is 13.4. The lowest BCUT2D eigenvalue weighted by molar-refractivity contribution is 0.220. The molecule has 9 heteroatoms. The van der Waals surface area contributed by atoms with E-state index in [0.717, 1.165) is 0 Å². The summed E-state index contributed by atoms with van der Waals surface area (Å²) in [7, 11) is -3.29. The molecule has 2 aromatic carbocycles. The van der Waals surface area contributed by atoms with Crippen molar-refractivity contribution in [2.24, 2.45) is 4.99 Å². The molecule has 0 aliphatic rings. The number of hydrogen-bond acceptors (Lipinski definition) is 4. The van der Waals surface area contributed by atoms with E-state index < -0.39 is 15.7 Å². The number of nitrogens with zero attached hydrogens (tertiary/aromatic N) is 1. The highest BCUT2D eigenvalue weighted by Gasteiger charge is 2.13. The maximum atomic E-state index is 13.7. The van der Waals surface area contributed by atoms with Gasteiger partial charge in [0.1, 0.15) is 6.10 Å². The average molecular weight is 549 g/mol. The summed E-state index contributed by atoms with van der Waals surface area (Å²) in [5.41, 5.74) is 0. The second-order valence-corrected chi connectivity index (χ2v) is 8.60. The lowest BCUT2D eigenvalue weighted by atomic mass is 10.3. The topological polar surface area (TPSA) is 79.8 Å². The van der Waals surface area contributed by atoms with Crippen LogP contribution in [0.1, 0.15) is 20.3 Å². The molecule has 1 unspecified atom stereocenters. The van der Waals surface area contributed by atoms with Crippen molar-refractivity contribution in [1.29, 1.82) is 0 Å². The lowest BCUT2D eigenvalue weighted by Crippen LogP contribution is -2.39. The van der Waals surface area contributed by atoms with Crippen LogP contribution in [0.15, 0.2) is 64.5 Å². The number of sulfone groups is 1. The first-order valence-electron chi connectivity index (χ1n) is 9.63. The van der Waals surface area contributed by atoms with Crippen molar-refractivity contribution in [1.82, 2.24) is 10.6 Å². The molecule has 0 saturated heterocycles. The van der Waals surface area contributed by atoms with Gasteiger partial charge < -0.3 is 15.4 Å². The van der Waals surface area contributed by atoms with Crippen molar-refractivity contribution in [3.05, 3.63) is 60.4 Å². The molecule has 0 amide bonds. The fourth-order valence-electron chi connectivity index (χ4n) is 2.57. The summed E-state index contributed by atoms with van der Waals surface area (Å²) in [5, 5.41) is 6.22. The molecular formula is C21H29FIN3O3S. The average Bonchev–Trinajstić information content (AvgIpc) is 2.71. The lowest BCUT2D eigenvalue weighted by Gasteiger charge is -2.15. The largest absolute Gasteiger partial charge is 0.486 e. The van der Waals surface area contributed by atoms with E-state index in [4.69, 9.17) is 4.74 Å². The molecule has 0 heterocycles. The van der Waals surface area contributed by atoms with E-state index in [1.165, 1.54) is 6.07 Å².